The molecule has 4 aromatic carbocycles. The summed E-state index contributed by atoms with van der Waals surface area (Å²) in [5, 5.41) is 113. The van der Waals surface area contributed by atoms with E-state index in [1.54, 1.807) is 0 Å². The highest BCUT2D eigenvalue weighted by Crippen LogP contribution is 2.51. The molecule has 1 aliphatic rings. The van der Waals surface area contributed by atoms with E-state index >= 15 is 0 Å². The summed E-state index contributed by atoms with van der Waals surface area (Å²) in [5.41, 5.74) is 0.914. The second kappa shape index (κ2) is 10.7. The van der Waals surface area contributed by atoms with E-state index in [0.717, 1.165) is 18.2 Å². The topological polar surface area (TPSA) is 232 Å². The maximum atomic E-state index is 11.4. The fraction of sp³-hybridized carbons (Fsp3) is 0.200. The molecule has 1 heterocycles. The van der Waals surface area contributed by atoms with Gasteiger partial charge >= 0.3 is 0 Å². The number of aliphatic hydroxyl groups is 2. The van der Waals surface area contributed by atoms with E-state index in [0.29, 0.717) is 5.56 Å². The van der Waals surface area contributed by atoms with Crippen molar-refractivity contribution in [3.63, 3.8) is 0 Å². The first-order chi connectivity index (χ1) is 19.8. The first-order valence-corrected chi connectivity index (χ1v) is 12.7. The standard InChI is InChI=1S/C30H28O12/c31-17-3-1-13(9-19(17)33)25(21(35)5-12-6-22(36)27(40)23(37)7-12)16-8-15-11-24(38)29(42-30(15)28(41)26(16)39)14-2-4-18(32)20(34)10-14/h1-4,6-10,21,24-25,29,31-41H,5,11H2/t21-,24+,25-,29-/m1/s1. The molecule has 0 fully saturated rings. The van der Waals surface area contributed by atoms with E-state index in [4.69, 9.17) is 4.74 Å². The maximum absolute atomic E-state index is 11.4. The number of rotatable bonds is 6. The first-order valence-electron chi connectivity index (χ1n) is 12.7. The molecule has 1 aliphatic heterocycles. The number of fused-ring (bicyclic) bond motifs is 1. The van der Waals surface area contributed by atoms with Gasteiger partial charge in [-0.2, -0.15) is 0 Å². The van der Waals surface area contributed by atoms with Crippen LogP contribution in [0.4, 0.5) is 0 Å². The van der Waals surface area contributed by atoms with E-state index < -0.39 is 70.2 Å². The molecule has 4 atom stereocenters. The van der Waals surface area contributed by atoms with Gasteiger partial charge in [0.25, 0.3) is 0 Å². The van der Waals surface area contributed by atoms with Crippen molar-refractivity contribution >= 4 is 0 Å². The van der Waals surface area contributed by atoms with Crippen LogP contribution >= 0.6 is 0 Å². The number of benzene rings is 4. The molecule has 0 saturated heterocycles. The number of hydrogen-bond acceptors (Lipinski definition) is 12. The number of phenolic OH excluding ortho intramolecular Hbond substituents is 9. The molecule has 5 rings (SSSR count). The van der Waals surface area contributed by atoms with Crippen LogP contribution in [0.1, 0.15) is 39.8 Å². The van der Waals surface area contributed by atoms with Crippen molar-refractivity contribution in [1.82, 2.24) is 0 Å². The SMILES string of the molecule is Oc1ccc([C@H](c2cc3c(c(O)c2O)O[C@H](c2ccc(O)c(O)c2)[C@@H](O)C3)[C@H](O)Cc2cc(O)c(O)c(O)c2)cc1O. The van der Waals surface area contributed by atoms with Crippen LogP contribution in [0.3, 0.4) is 0 Å². The molecule has 0 radical (unpaired) electrons. The Morgan fingerprint density at radius 2 is 1.29 bits per heavy atom. The highest BCUT2D eigenvalue weighted by molar-refractivity contribution is 5.62. The van der Waals surface area contributed by atoms with Gasteiger partial charge < -0.3 is 60.9 Å². The highest BCUT2D eigenvalue weighted by Gasteiger charge is 2.36. The summed E-state index contributed by atoms with van der Waals surface area (Å²) in [6.45, 7) is 0. The Morgan fingerprint density at radius 3 is 1.90 bits per heavy atom. The second-order valence-electron chi connectivity index (χ2n) is 10.2. The van der Waals surface area contributed by atoms with Gasteiger partial charge in [-0.25, -0.2) is 0 Å². The smallest absolute Gasteiger partial charge is 0.201 e. The predicted molar refractivity (Wildman–Crippen MR) is 145 cm³/mol. The molecule has 0 amide bonds. The van der Waals surface area contributed by atoms with Gasteiger partial charge in [-0.1, -0.05) is 12.1 Å². The summed E-state index contributed by atoms with van der Waals surface area (Å²) in [6.07, 6.45) is -4.06. The molecule has 220 valence electrons. The molecule has 0 bridgehead atoms. The zero-order valence-electron chi connectivity index (χ0n) is 21.7. The van der Waals surface area contributed by atoms with Gasteiger partial charge in [0, 0.05) is 23.5 Å². The summed E-state index contributed by atoms with van der Waals surface area (Å²) in [7, 11) is 0. The third-order valence-electron chi connectivity index (χ3n) is 7.34. The fourth-order valence-corrected chi connectivity index (χ4v) is 5.26. The molecule has 0 unspecified atom stereocenters. The van der Waals surface area contributed by atoms with Crippen molar-refractivity contribution in [3.05, 3.63) is 82.4 Å². The Kier molecular flexibility index (Phi) is 7.19. The van der Waals surface area contributed by atoms with Crippen LogP contribution in [-0.4, -0.2) is 68.4 Å². The predicted octanol–water partition coefficient (Wildman–Crippen LogP) is 2.81. The van der Waals surface area contributed by atoms with Crippen molar-refractivity contribution in [2.75, 3.05) is 0 Å². The van der Waals surface area contributed by atoms with Gasteiger partial charge in [-0.05, 0) is 65.6 Å². The molecule has 0 aromatic heterocycles. The monoisotopic (exact) mass is 580 g/mol. The zero-order valence-corrected chi connectivity index (χ0v) is 21.7. The van der Waals surface area contributed by atoms with Gasteiger partial charge in [-0.3, -0.25) is 0 Å². The number of aromatic hydroxyl groups is 9. The van der Waals surface area contributed by atoms with Crippen molar-refractivity contribution < 1.29 is 60.9 Å². The number of ether oxygens (including phenoxy) is 1. The summed E-state index contributed by atoms with van der Waals surface area (Å²) in [4.78, 5) is 0. The second-order valence-corrected chi connectivity index (χ2v) is 10.2. The molecule has 42 heavy (non-hydrogen) atoms. The quantitative estimate of drug-likeness (QED) is 0.148. The van der Waals surface area contributed by atoms with E-state index in [1.807, 2.05) is 0 Å². The van der Waals surface area contributed by atoms with Gasteiger partial charge in [0.1, 0.15) is 0 Å². The summed E-state index contributed by atoms with van der Waals surface area (Å²) in [5.74, 6) is -6.54. The third kappa shape index (κ3) is 5.04. The van der Waals surface area contributed by atoms with E-state index in [1.165, 1.54) is 36.4 Å². The molecule has 12 nitrogen and oxygen atoms in total. The lowest BCUT2D eigenvalue weighted by atomic mass is 9.81. The van der Waals surface area contributed by atoms with E-state index in [-0.39, 0.29) is 46.6 Å². The lowest BCUT2D eigenvalue weighted by Crippen LogP contribution is -2.31. The normalized spacial score (nSPS) is 17.7. The van der Waals surface area contributed by atoms with Crippen LogP contribution in [0.25, 0.3) is 0 Å². The summed E-state index contributed by atoms with van der Waals surface area (Å²) >= 11 is 0. The molecule has 12 heteroatoms. The largest absolute Gasteiger partial charge is 0.504 e. The summed E-state index contributed by atoms with van der Waals surface area (Å²) in [6, 6.07) is 11.2. The van der Waals surface area contributed by atoms with Crippen molar-refractivity contribution in [2.24, 2.45) is 0 Å². The van der Waals surface area contributed by atoms with Gasteiger partial charge in [0.15, 0.2) is 57.8 Å². The Balaban J connectivity index is 1.58. The van der Waals surface area contributed by atoms with Gasteiger partial charge in [-0.15, -0.1) is 0 Å². The van der Waals surface area contributed by atoms with Crippen molar-refractivity contribution in [1.29, 1.82) is 0 Å². The average molecular weight is 581 g/mol. The van der Waals surface area contributed by atoms with Crippen LogP contribution in [0.5, 0.6) is 57.5 Å². The number of hydrogen-bond donors (Lipinski definition) is 11. The Hall–Kier alpha value is -5.20. The molecule has 4 aromatic rings. The van der Waals surface area contributed by atoms with Crippen LogP contribution < -0.4 is 4.74 Å². The Labute approximate surface area is 238 Å². The van der Waals surface area contributed by atoms with Crippen molar-refractivity contribution in [3.8, 4) is 57.5 Å². The van der Waals surface area contributed by atoms with E-state index in [2.05, 4.69) is 0 Å². The zero-order chi connectivity index (χ0) is 30.5. The average Bonchev–Trinajstić information content (AvgIpc) is 2.93. The van der Waals surface area contributed by atoms with Gasteiger partial charge in [0.05, 0.1) is 12.2 Å². The minimum absolute atomic E-state index is 0.0346. The minimum atomic E-state index is -1.44. The minimum Gasteiger partial charge on any atom is -0.504 e. The highest BCUT2D eigenvalue weighted by atomic mass is 16.5. The van der Waals surface area contributed by atoms with Crippen molar-refractivity contribution in [2.45, 2.75) is 37.1 Å². The lowest BCUT2D eigenvalue weighted by Gasteiger charge is -2.33. The molecule has 11 N–H and O–H groups in total. The maximum Gasteiger partial charge on any atom is 0.201 e. The molecular weight excluding hydrogens is 552 g/mol. The van der Waals surface area contributed by atoms with Crippen LogP contribution in [0.2, 0.25) is 0 Å². The molecular formula is C30H28O12. The lowest BCUT2D eigenvalue weighted by molar-refractivity contribution is 0.0185. The third-order valence-corrected chi connectivity index (χ3v) is 7.34. The van der Waals surface area contributed by atoms with Gasteiger partial charge in [0.2, 0.25) is 5.75 Å². The number of phenols is 9. The van der Waals surface area contributed by atoms with Crippen LogP contribution in [-0.2, 0) is 12.8 Å². The fourth-order valence-electron chi connectivity index (χ4n) is 5.26. The Morgan fingerprint density at radius 1 is 0.667 bits per heavy atom. The molecule has 0 aliphatic carbocycles. The molecule has 0 saturated carbocycles. The van der Waals surface area contributed by atoms with Crippen LogP contribution in [0.15, 0.2) is 54.6 Å². The number of aliphatic hydroxyl groups excluding tert-OH is 2. The summed E-state index contributed by atoms with van der Waals surface area (Å²) < 4.78 is 5.84. The van der Waals surface area contributed by atoms with Crippen LogP contribution in [0, 0.1) is 0 Å². The molecule has 0 spiro atoms. The first kappa shape index (κ1) is 28.3. The van der Waals surface area contributed by atoms with E-state index in [9.17, 15) is 56.2 Å². The Bertz CT molecular complexity index is 1640.